The molecule has 0 bridgehead atoms. The number of rotatable bonds is 8. The Bertz CT molecular complexity index is 1750. The van der Waals surface area contributed by atoms with E-state index in [0.29, 0.717) is 47.0 Å². The maximum absolute atomic E-state index is 15.4. The average molecular weight is 608 g/mol. The van der Waals surface area contributed by atoms with Crippen LogP contribution in [-0.4, -0.2) is 54.7 Å². The summed E-state index contributed by atoms with van der Waals surface area (Å²) in [5.41, 5.74) is 1.41. The van der Waals surface area contributed by atoms with Crippen molar-refractivity contribution in [1.82, 2.24) is 14.9 Å². The van der Waals surface area contributed by atoms with Gasteiger partial charge in [-0.05, 0) is 60.4 Å². The molecule has 3 N–H and O–H groups in total. The van der Waals surface area contributed by atoms with E-state index in [4.69, 9.17) is 14.2 Å². The first kappa shape index (κ1) is 29.7. The molecule has 1 aliphatic heterocycles. The Balaban J connectivity index is 1.56. The smallest absolute Gasteiger partial charge is 0.411 e. The van der Waals surface area contributed by atoms with Crippen molar-refractivity contribution < 1.29 is 28.2 Å². The van der Waals surface area contributed by atoms with Crippen LogP contribution >= 0.6 is 12.6 Å². The lowest BCUT2D eigenvalue weighted by Crippen LogP contribution is -2.38. The zero-order valence-corrected chi connectivity index (χ0v) is 24.5. The lowest BCUT2D eigenvalue weighted by molar-refractivity contribution is -0.133. The molecule has 1 saturated heterocycles. The van der Waals surface area contributed by atoms with E-state index in [1.54, 1.807) is 41.3 Å². The number of amides is 2. The van der Waals surface area contributed by atoms with Crippen molar-refractivity contribution in [3.63, 3.8) is 0 Å². The average Bonchev–Trinajstić information content (AvgIpc) is 3.50. The zero-order valence-electron chi connectivity index (χ0n) is 23.6. The molecule has 13 heteroatoms. The Morgan fingerprint density at radius 2 is 1.88 bits per heavy atom. The van der Waals surface area contributed by atoms with Gasteiger partial charge in [-0.3, -0.25) is 14.9 Å². The molecule has 2 amide bonds. The molecule has 0 spiro atoms. The van der Waals surface area contributed by atoms with Crippen molar-refractivity contribution in [2.24, 2.45) is 0 Å². The summed E-state index contributed by atoms with van der Waals surface area (Å²) in [7, 11) is 4.25. The lowest BCUT2D eigenvalue weighted by Gasteiger charge is -2.31. The number of aromatic nitrogens is 2. The summed E-state index contributed by atoms with van der Waals surface area (Å²) in [6.45, 7) is 0.431. The maximum atomic E-state index is 15.4. The number of aromatic amines is 1. The zero-order chi connectivity index (χ0) is 30.7. The standard InChI is InChI=1S/C30H30FN5O6S/c1-40-24-8-6-16(11-25(24)41-2)27(35-22-13-18-21(14-20(22)31)32-15-33-28(18)37)29(38)36-10-4-5-23(36)19-12-17(7-9-26(19)43)34-30(39)42-3/h6-9,11-15,23,27,35,43H,4-5,10H2,1-3H3,(H,34,39)(H,32,33,37)/t23-,27-/m1/s1. The number of thiol groups is 1. The van der Waals surface area contributed by atoms with E-state index < -0.39 is 23.5 Å². The van der Waals surface area contributed by atoms with Gasteiger partial charge in [-0.2, -0.15) is 0 Å². The van der Waals surface area contributed by atoms with E-state index in [2.05, 4.69) is 33.2 Å². The van der Waals surface area contributed by atoms with Gasteiger partial charge in [0.2, 0.25) is 5.91 Å². The van der Waals surface area contributed by atoms with Gasteiger partial charge in [0.1, 0.15) is 11.9 Å². The predicted octanol–water partition coefficient (Wildman–Crippen LogP) is 5.06. The molecule has 3 aromatic carbocycles. The number of H-pyrrole nitrogens is 1. The van der Waals surface area contributed by atoms with E-state index >= 15 is 4.39 Å². The summed E-state index contributed by atoms with van der Waals surface area (Å²) in [5.74, 6) is -0.175. The molecule has 0 aliphatic carbocycles. The van der Waals surface area contributed by atoms with Crippen molar-refractivity contribution in [3.05, 3.63) is 82.2 Å². The molecule has 1 aromatic heterocycles. The van der Waals surface area contributed by atoms with Gasteiger partial charge in [0.05, 0.1) is 50.3 Å². The maximum Gasteiger partial charge on any atom is 0.411 e. The Hall–Kier alpha value is -4.78. The number of carbonyl (C=O) groups is 2. The van der Waals surface area contributed by atoms with Crippen LogP contribution in [0.25, 0.3) is 10.9 Å². The fourth-order valence-corrected chi connectivity index (χ4v) is 5.55. The first-order valence-electron chi connectivity index (χ1n) is 13.4. The summed E-state index contributed by atoms with van der Waals surface area (Å²) in [5, 5.41) is 5.86. The number of carbonyl (C=O) groups excluding carboxylic acids is 2. The van der Waals surface area contributed by atoms with Crippen LogP contribution in [-0.2, 0) is 9.53 Å². The minimum Gasteiger partial charge on any atom is -0.493 e. The largest absolute Gasteiger partial charge is 0.493 e. The number of methoxy groups -OCH3 is 3. The van der Waals surface area contributed by atoms with Gasteiger partial charge in [-0.1, -0.05) is 6.07 Å². The third-order valence-electron chi connectivity index (χ3n) is 7.37. The number of nitrogens with one attached hydrogen (secondary N) is 3. The molecule has 4 aromatic rings. The van der Waals surface area contributed by atoms with Gasteiger partial charge in [0.25, 0.3) is 5.56 Å². The monoisotopic (exact) mass is 607 g/mol. The summed E-state index contributed by atoms with van der Waals surface area (Å²) >= 11 is 4.63. The number of fused-ring (bicyclic) bond motifs is 1. The van der Waals surface area contributed by atoms with Crippen LogP contribution in [0.4, 0.5) is 20.6 Å². The van der Waals surface area contributed by atoms with Crippen LogP contribution in [0.1, 0.15) is 36.1 Å². The number of hydrogen-bond donors (Lipinski definition) is 4. The van der Waals surface area contributed by atoms with Crippen LogP contribution in [0, 0.1) is 5.82 Å². The minimum atomic E-state index is -1.08. The molecule has 0 unspecified atom stereocenters. The Labute approximate surface area is 251 Å². The van der Waals surface area contributed by atoms with Gasteiger partial charge in [0.15, 0.2) is 11.5 Å². The number of ether oxygens (including phenoxy) is 3. The molecule has 2 atom stereocenters. The normalized spacial score (nSPS) is 15.2. The van der Waals surface area contributed by atoms with Crippen molar-refractivity contribution in [2.75, 3.05) is 38.5 Å². The topological polar surface area (TPSA) is 135 Å². The third-order valence-corrected chi connectivity index (χ3v) is 7.78. The highest BCUT2D eigenvalue weighted by Crippen LogP contribution is 2.40. The van der Waals surface area contributed by atoms with Gasteiger partial charge < -0.3 is 29.4 Å². The second kappa shape index (κ2) is 12.6. The van der Waals surface area contributed by atoms with E-state index in [0.717, 1.165) is 11.6 Å². The first-order chi connectivity index (χ1) is 20.7. The molecular formula is C30H30FN5O6S. The summed E-state index contributed by atoms with van der Waals surface area (Å²) in [6, 6.07) is 11.2. The number of likely N-dealkylation sites (tertiary alicyclic amines) is 1. The molecular weight excluding hydrogens is 577 g/mol. The van der Waals surface area contributed by atoms with E-state index in [1.807, 2.05) is 0 Å². The van der Waals surface area contributed by atoms with Gasteiger partial charge >= 0.3 is 6.09 Å². The molecule has 5 rings (SSSR count). The fourth-order valence-electron chi connectivity index (χ4n) is 5.26. The molecule has 0 saturated carbocycles. The lowest BCUT2D eigenvalue weighted by atomic mass is 10.0. The molecule has 1 aliphatic rings. The quantitative estimate of drug-likeness (QED) is 0.204. The molecule has 1 fully saturated rings. The predicted molar refractivity (Wildman–Crippen MR) is 162 cm³/mol. The molecule has 0 radical (unpaired) electrons. The highest BCUT2D eigenvalue weighted by Gasteiger charge is 2.36. The number of halogens is 1. The van der Waals surface area contributed by atoms with Crippen molar-refractivity contribution in [1.29, 1.82) is 0 Å². The molecule has 11 nitrogen and oxygen atoms in total. The summed E-state index contributed by atoms with van der Waals surface area (Å²) < 4.78 is 30.9. The van der Waals surface area contributed by atoms with Crippen LogP contribution in [0.2, 0.25) is 0 Å². The van der Waals surface area contributed by atoms with Crippen LogP contribution in [0.3, 0.4) is 0 Å². The number of anilines is 2. The van der Waals surface area contributed by atoms with Gasteiger partial charge in [0, 0.05) is 23.2 Å². The molecule has 43 heavy (non-hydrogen) atoms. The number of nitrogens with zero attached hydrogens (tertiary/aromatic N) is 2. The Morgan fingerprint density at radius 1 is 1.09 bits per heavy atom. The first-order valence-corrected chi connectivity index (χ1v) is 13.8. The SMILES string of the molecule is COC(=O)Nc1ccc(S)c([C@H]2CCCN2C(=O)[C@H](Nc2cc3c(=O)[nH]cnc3cc2F)c2ccc(OC)c(OC)c2)c1. The van der Waals surface area contributed by atoms with Gasteiger partial charge in [-0.15, -0.1) is 12.6 Å². The molecule has 224 valence electrons. The van der Waals surface area contributed by atoms with Gasteiger partial charge in [-0.25, -0.2) is 14.2 Å². The summed E-state index contributed by atoms with van der Waals surface area (Å²) in [6.07, 6.45) is 1.93. The van der Waals surface area contributed by atoms with E-state index in [1.165, 1.54) is 33.7 Å². The second-order valence-electron chi connectivity index (χ2n) is 9.85. The Morgan fingerprint density at radius 3 is 2.63 bits per heavy atom. The number of hydrogen-bond acceptors (Lipinski definition) is 9. The highest BCUT2D eigenvalue weighted by molar-refractivity contribution is 7.80. The van der Waals surface area contributed by atoms with Crippen LogP contribution < -0.4 is 25.7 Å². The van der Waals surface area contributed by atoms with Crippen LogP contribution in [0.15, 0.2) is 64.5 Å². The second-order valence-corrected chi connectivity index (χ2v) is 10.3. The van der Waals surface area contributed by atoms with E-state index in [-0.39, 0.29) is 28.5 Å². The highest BCUT2D eigenvalue weighted by atomic mass is 32.1. The Kier molecular flexibility index (Phi) is 8.71. The number of benzene rings is 3. The van der Waals surface area contributed by atoms with Crippen LogP contribution in [0.5, 0.6) is 11.5 Å². The summed E-state index contributed by atoms with van der Waals surface area (Å²) in [4.78, 5) is 47.6. The van der Waals surface area contributed by atoms with Crippen molar-refractivity contribution in [2.45, 2.75) is 29.8 Å². The third kappa shape index (κ3) is 6.07. The van der Waals surface area contributed by atoms with E-state index in [9.17, 15) is 14.4 Å². The minimum absolute atomic E-state index is 0.0472. The van der Waals surface area contributed by atoms with Crippen molar-refractivity contribution in [3.8, 4) is 11.5 Å². The fraction of sp³-hybridized carbons (Fsp3) is 0.267. The molecule has 2 heterocycles. The van der Waals surface area contributed by atoms with Crippen molar-refractivity contribution >= 4 is 46.9 Å².